The first-order valence-electron chi connectivity index (χ1n) is 9.78. The minimum Gasteiger partial charge on any atom is -0.483 e. The second-order valence-corrected chi connectivity index (χ2v) is 7.32. The Bertz CT molecular complexity index is 1150. The third-order valence-corrected chi connectivity index (χ3v) is 5.17. The van der Waals surface area contributed by atoms with E-state index in [2.05, 4.69) is 15.2 Å². The summed E-state index contributed by atoms with van der Waals surface area (Å²) < 4.78 is 56.6. The van der Waals surface area contributed by atoms with Gasteiger partial charge in [-0.2, -0.15) is 13.2 Å². The fraction of sp³-hybridized carbons (Fsp3) is 0.217. The molecule has 1 aliphatic heterocycles. The second kappa shape index (κ2) is 8.49. The standard InChI is InChI=1S/C23H19F4N3O2/c1-28-22(31)14-2-5-17(6-3-14)30-11-15-8-9-29-21(19(15)12-30)18-7-4-16(24)10-20(18)32-13-23(25,26)27/h2-10H,11-13H2,1H3,(H,28,31). The van der Waals surface area contributed by atoms with E-state index in [-0.39, 0.29) is 11.7 Å². The third-order valence-electron chi connectivity index (χ3n) is 5.17. The van der Waals surface area contributed by atoms with Crippen LogP contribution in [0.15, 0.2) is 54.7 Å². The van der Waals surface area contributed by atoms with Gasteiger partial charge in [0.15, 0.2) is 6.61 Å². The number of halogens is 4. The molecule has 1 aliphatic rings. The molecule has 1 amide bonds. The second-order valence-electron chi connectivity index (χ2n) is 7.32. The molecule has 1 aromatic heterocycles. The molecule has 0 saturated heterocycles. The highest BCUT2D eigenvalue weighted by Gasteiger charge is 2.30. The maximum Gasteiger partial charge on any atom is 0.422 e. The number of carbonyl (C=O) groups excluding carboxylic acids is 1. The van der Waals surface area contributed by atoms with Crippen LogP contribution in [0.25, 0.3) is 11.3 Å². The summed E-state index contributed by atoms with van der Waals surface area (Å²) in [6, 6.07) is 12.4. The first-order valence-corrected chi connectivity index (χ1v) is 9.78. The Morgan fingerprint density at radius 3 is 2.56 bits per heavy atom. The van der Waals surface area contributed by atoms with E-state index >= 15 is 0 Å². The third kappa shape index (κ3) is 4.51. The summed E-state index contributed by atoms with van der Waals surface area (Å²) in [5.41, 5.74) is 3.94. The van der Waals surface area contributed by atoms with Gasteiger partial charge in [0.05, 0.1) is 5.69 Å². The lowest BCUT2D eigenvalue weighted by atomic mass is 10.0. The molecule has 0 saturated carbocycles. The molecular weight excluding hydrogens is 426 g/mol. The zero-order valence-corrected chi connectivity index (χ0v) is 17.0. The van der Waals surface area contributed by atoms with Gasteiger partial charge in [0, 0.05) is 54.8 Å². The van der Waals surface area contributed by atoms with Crippen LogP contribution in [0.4, 0.5) is 23.2 Å². The van der Waals surface area contributed by atoms with Gasteiger partial charge in [-0.15, -0.1) is 0 Å². The van der Waals surface area contributed by atoms with Crippen LogP contribution in [-0.2, 0) is 13.1 Å². The number of aromatic nitrogens is 1. The number of fused-ring (bicyclic) bond motifs is 1. The topological polar surface area (TPSA) is 54.5 Å². The minimum absolute atomic E-state index is 0.185. The molecule has 5 nitrogen and oxygen atoms in total. The van der Waals surface area contributed by atoms with E-state index in [1.165, 1.54) is 12.1 Å². The normalized spacial score (nSPS) is 13.1. The SMILES string of the molecule is CNC(=O)c1ccc(N2Cc3ccnc(-c4ccc(F)cc4OCC(F)(F)F)c3C2)cc1. The summed E-state index contributed by atoms with van der Waals surface area (Å²) in [6.45, 7) is -0.514. The van der Waals surface area contributed by atoms with Crippen molar-refractivity contribution in [1.82, 2.24) is 10.3 Å². The van der Waals surface area contributed by atoms with Crippen LogP contribution < -0.4 is 15.0 Å². The number of rotatable bonds is 5. The number of hydrogen-bond acceptors (Lipinski definition) is 4. The van der Waals surface area contributed by atoms with Gasteiger partial charge in [-0.3, -0.25) is 9.78 Å². The molecule has 0 bridgehead atoms. The van der Waals surface area contributed by atoms with Crippen molar-refractivity contribution in [3.8, 4) is 17.0 Å². The number of nitrogens with one attached hydrogen (secondary N) is 1. The van der Waals surface area contributed by atoms with Crippen molar-refractivity contribution < 1.29 is 27.1 Å². The molecule has 32 heavy (non-hydrogen) atoms. The number of hydrogen-bond donors (Lipinski definition) is 1. The van der Waals surface area contributed by atoms with E-state index < -0.39 is 18.6 Å². The Morgan fingerprint density at radius 2 is 1.88 bits per heavy atom. The highest BCUT2D eigenvalue weighted by Crippen LogP contribution is 2.38. The number of anilines is 1. The fourth-order valence-corrected chi connectivity index (χ4v) is 3.66. The summed E-state index contributed by atoms with van der Waals surface area (Å²) in [7, 11) is 1.56. The monoisotopic (exact) mass is 445 g/mol. The number of benzene rings is 2. The lowest BCUT2D eigenvalue weighted by Gasteiger charge is -2.18. The lowest BCUT2D eigenvalue weighted by molar-refractivity contribution is -0.153. The molecule has 0 atom stereocenters. The molecule has 0 radical (unpaired) electrons. The molecule has 3 aromatic rings. The van der Waals surface area contributed by atoms with E-state index in [1.807, 2.05) is 18.2 Å². The highest BCUT2D eigenvalue weighted by atomic mass is 19.4. The molecule has 4 rings (SSSR count). The minimum atomic E-state index is -4.55. The molecular formula is C23H19F4N3O2. The largest absolute Gasteiger partial charge is 0.483 e. The van der Waals surface area contributed by atoms with Gasteiger partial charge in [0.1, 0.15) is 11.6 Å². The first kappa shape index (κ1) is 21.6. The molecule has 0 unspecified atom stereocenters. The molecule has 2 heterocycles. The number of pyridine rings is 1. The van der Waals surface area contributed by atoms with Gasteiger partial charge >= 0.3 is 6.18 Å². The van der Waals surface area contributed by atoms with E-state index in [1.54, 1.807) is 25.4 Å². The van der Waals surface area contributed by atoms with Crippen LogP contribution >= 0.6 is 0 Å². The number of amides is 1. The average Bonchev–Trinajstić information content (AvgIpc) is 3.21. The number of carbonyl (C=O) groups is 1. The number of ether oxygens (including phenoxy) is 1. The van der Waals surface area contributed by atoms with Crippen molar-refractivity contribution in [2.75, 3.05) is 18.6 Å². The van der Waals surface area contributed by atoms with Gasteiger partial charge < -0.3 is 15.0 Å². The maximum absolute atomic E-state index is 13.7. The summed E-state index contributed by atoms with van der Waals surface area (Å²) in [5.74, 6) is -1.09. The van der Waals surface area contributed by atoms with Crippen molar-refractivity contribution in [1.29, 1.82) is 0 Å². The van der Waals surface area contributed by atoms with E-state index in [4.69, 9.17) is 4.74 Å². The van der Waals surface area contributed by atoms with Crippen LogP contribution in [0.1, 0.15) is 21.5 Å². The molecule has 166 valence electrons. The van der Waals surface area contributed by atoms with Crippen molar-refractivity contribution >= 4 is 11.6 Å². The van der Waals surface area contributed by atoms with Gasteiger partial charge in [-0.25, -0.2) is 4.39 Å². The predicted molar refractivity (Wildman–Crippen MR) is 111 cm³/mol. The Balaban J connectivity index is 1.64. The molecule has 9 heteroatoms. The van der Waals surface area contributed by atoms with Crippen molar-refractivity contribution in [3.63, 3.8) is 0 Å². The lowest BCUT2D eigenvalue weighted by Crippen LogP contribution is -2.19. The van der Waals surface area contributed by atoms with Crippen molar-refractivity contribution in [2.24, 2.45) is 0 Å². The van der Waals surface area contributed by atoms with E-state index in [9.17, 15) is 22.4 Å². The van der Waals surface area contributed by atoms with Gasteiger partial charge in [0.2, 0.25) is 0 Å². The van der Waals surface area contributed by atoms with Gasteiger partial charge in [-0.05, 0) is 48.0 Å². The molecule has 0 spiro atoms. The molecule has 1 N–H and O–H groups in total. The molecule has 0 aliphatic carbocycles. The van der Waals surface area contributed by atoms with Crippen LogP contribution in [0.2, 0.25) is 0 Å². The molecule has 2 aromatic carbocycles. The Kier molecular flexibility index (Phi) is 5.73. The smallest absolute Gasteiger partial charge is 0.422 e. The van der Waals surface area contributed by atoms with Crippen LogP contribution in [0, 0.1) is 5.82 Å². The Hall–Kier alpha value is -3.62. The van der Waals surface area contributed by atoms with Crippen molar-refractivity contribution in [3.05, 3.63) is 77.2 Å². The number of nitrogens with zero attached hydrogens (tertiary/aromatic N) is 2. The quantitative estimate of drug-likeness (QED) is 0.578. The van der Waals surface area contributed by atoms with Crippen LogP contribution in [0.3, 0.4) is 0 Å². The van der Waals surface area contributed by atoms with Gasteiger partial charge in [-0.1, -0.05) is 0 Å². The van der Waals surface area contributed by atoms with Crippen LogP contribution in [0.5, 0.6) is 5.75 Å². The summed E-state index contributed by atoms with van der Waals surface area (Å²) >= 11 is 0. The Labute approximate surface area is 181 Å². The summed E-state index contributed by atoms with van der Waals surface area (Å²) in [5, 5.41) is 2.57. The van der Waals surface area contributed by atoms with E-state index in [0.29, 0.717) is 29.9 Å². The van der Waals surface area contributed by atoms with Crippen LogP contribution in [-0.4, -0.2) is 30.7 Å². The molecule has 0 fully saturated rings. The maximum atomic E-state index is 13.7. The zero-order chi connectivity index (χ0) is 22.9. The fourth-order valence-electron chi connectivity index (χ4n) is 3.66. The van der Waals surface area contributed by atoms with E-state index in [0.717, 1.165) is 22.9 Å². The van der Waals surface area contributed by atoms with Crippen molar-refractivity contribution in [2.45, 2.75) is 19.3 Å². The zero-order valence-electron chi connectivity index (χ0n) is 17.0. The van der Waals surface area contributed by atoms with Gasteiger partial charge in [0.25, 0.3) is 5.91 Å². The summed E-state index contributed by atoms with van der Waals surface area (Å²) in [6.07, 6.45) is -2.98. The number of alkyl halides is 3. The summed E-state index contributed by atoms with van der Waals surface area (Å²) in [4.78, 5) is 18.2. The Morgan fingerprint density at radius 1 is 1.12 bits per heavy atom. The predicted octanol–water partition coefficient (Wildman–Crippen LogP) is 4.71. The highest BCUT2D eigenvalue weighted by molar-refractivity contribution is 5.94. The average molecular weight is 445 g/mol. The first-order chi connectivity index (χ1) is 15.2.